The molecule has 1 aliphatic heterocycles. The monoisotopic (exact) mass is 326 g/mol. The van der Waals surface area contributed by atoms with Crippen molar-refractivity contribution < 1.29 is 14.0 Å². The van der Waals surface area contributed by atoms with E-state index in [-0.39, 0.29) is 24.4 Å². The maximum Gasteiger partial charge on any atom is 0.325 e. The van der Waals surface area contributed by atoms with Gasteiger partial charge in [0.1, 0.15) is 12.1 Å². The third kappa shape index (κ3) is 2.46. The summed E-state index contributed by atoms with van der Waals surface area (Å²) in [5, 5.41) is 10.8. The van der Waals surface area contributed by atoms with Gasteiger partial charge in [0.15, 0.2) is 0 Å². The van der Waals surface area contributed by atoms with Crippen LogP contribution in [-0.4, -0.2) is 32.6 Å². The molecule has 1 N–H and O–H groups in total. The topological polar surface area (TPSA) is 88.3 Å². The van der Waals surface area contributed by atoms with Crippen LogP contribution >= 0.6 is 0 Å². The van der Waals surface area contributed by atoms with Gasteiger partial charge in [0, 0.05) is 5.56 Å². The Hall–Kier alpha value is -2.70. The molecule has 1 saturated heterocycles. The van der Waals surface area contributed by atoms with Crippen molar-refractivity contribution in [2.45, 2.75) is 44.2 Å². The van der Waals surface area contributed by atoms with Crippen molar-refractivity contribution in [2.75, 3.05) is 0 Å². The van der Waals surface area contributed by atoms with E-state index in [1.807, 2.05) is 30.3 Å². The first-order valence-electron chi connectivity index (χ1n) is 8.20. The van der Waals surface area contributed by atoms with Gasteiger partial charge in [-0.1, -0.05) is 37.5 Å². The zero-order valence-electron chi connectivity index (χ0n) is 13.2. The highest BCUT2D eigenvalue weighted by atomic mass is 16.4. The highest BCUT2D eigenvalue weighted by Gasteiger charge is 2.51. The maximum absolute atomic E-state index is 12.7. The Balaban J connectivity index is 1.52. The van der Waals surface area contributed by atoms with Crippen LogP contribution in [0.3, 0.4) is 0 Å². The lowest BCUT2D eigenvalue weighted by Gasteiger charge is -2.30. The minimum absolute atomic E-state index is 0.00620. The first kappa shape index (κ1) is 14.9. The standard InChI is InChI=1S/C17H18N4O3/c22-15-17(9-5-2-6-10-17)18-16(23)21(15)11-13-19-20-14(24-13)12-7-3-1-4-8-12/h1,3-4,7-8H,2,5-6,9-11H2,(H,18,23). The number of hydrogen-bond acceptors (Lipinski definition) is 5. The van der Waals surface area contributed by atoms with E-state index >= 15 is 0 Å². The summed E-state index contributed by atoms with van der Waals surface area (Å²) in [5.74, 6) is 0.460. The van der Waals surface area contributed by atoms with Gasteiger partial charge in [0.05, 0.1) is 0 Å². The van der Waals surface area contributed by atoms with E-state index in [1.165, 1.54) is 4.90 Å². The van der Waals surface area contributed by atoms with E-state index in [9.17, 15) is 9.59 Å². The lowest BCUT2D eigenvalue weighted by Crippen LogP contribution is -2.48. The number of carbonyl (C=O) groups excluding carboxylic acids is 2. The van der Waals surface area contributed by atoms with Crippen LogP contribution in [-0.2, 0) is 11.3 Å². The fourth-order valence-electron chi connectivity index (χ4n) is 3.46. The number of benzene rings is 1. The molecule has 3 amide bonds. The van der Waals surface area contributed by atoms with Crippen molar-refractivity contribution in [1.29, 1.82) is 0 Å². The quantitative estimate of drug-likeness (QED) is 0.876. The molecule has 1 aliphatic carbocycles. The molecule has 24 heavy (non-hydrogen) atoms. The SMILES string of the molecule is O=C1NC2(CCCCC2)C(=O)N1Cc1nnc(-c2ccccc2)o1. The summed E-state index contributed by atoms with van der Waals surface area (Å²) in [7, 11) is 0. The molecule has 2 heterocycles. The Morgan fingerprint density at radius 1 is 1.08 bits per heavy atom. The summed E-state index contributed by atoms with van der Waals surface area (Å²) in [6.07, 6.45) is 4.42. The molecule has 7 heteroatoms. The van der Waals surface area contributed by atoms with E-state index < -0.39 is 5.54 Å². The molecule has 1 spiro atoms. The lowest BCUT2D eigenvalue weighted by molar-refractivity contribution is -0.133. The second kappa shape index (κ2) is 5.74. The fourth-order valence-corrected chi connectivity index (χ4v) is 3.46. The van der Waals surface area contributed by atoms with Gasteiger partial charge in [0.2, 0.25) is 11.8 Å². The molecule has 1 aromatic heterocycles. The van der Waals surface area contributed by atoms with Gasteiger partial charge >= 0.3 is 6.03 Å². The maximum atomic E-state index is 12.7. The van der Waals surface area contributed by atoms with Crippen molar-refractivity contribution in [3.05, 3.63) is 36.2 Å². The normalized spacial score (nSPS) is 19.8. The second-order valence-electron chi connectivity index (χ2n) is 6.33. The fraction of sp³-hybridized carbons (Fsp3) is 0.412. The summed E-state index contributed by atoms with van der Waals surface area (Å²) < 4.78 is 5.61. The Morgan fingerprint density at radius 2 is 1.83 bits per heavy atom. The number of urea groups is 1. The molecular formula is C17H18N4O3. The molecule has 1 saturated carbocycles. The van der Waals surface area contributed by atoms with Gasteiger partial charge in [0.25, 0.3) is 5.91 Å². The van der Waals surface area contributed by atoms with Crippen molar-refractivity contribution in [2.24, 2.45) is 0 Å². The summed E-state index contributed by atoms with van der Waals surface area (Å²) in [6, 6.07) is 9.01. The van der Waals surface area contributed by atoms with E-state index in [1.54, 1.807) is 0 Å². The summed E-state index contributed by atoms with van der Waals surface area (Å²) in [4.78, 5) is 26.2. The summed E-state index contributed by atoms with van der Waals surface area (Å²) in [5.41, 5.74) is 0.0784. The summed E-state index contributed by atoms with van der Waals surface area (Å²) in [6.45, 7) is 0.00620. The third-order valence-electron chi connectivity index (χ3n) is 4.73. The molecule has 2 aliphatic rings. The number of nitrogens with zero attached hydrogens (tertiary/aromatic N) is 3. The molecular weight excluding hydrogens is 308 g/mol. The molecule has 7 nitrogen and oxygen atoms in total. The highest BCUT2D eigenvalue weighted by Crippen LogP contribution is 2.34. The van der Waals surface area contributed by atoms with Crippen molar-refractivity contribution in [3.63, 3.8) is 0 Å². The van der Waals surface area contributed by atoms with Crippen molar-refractivity contribution >= 4 is 11.9 Å². The van der Waals surface area contributed by atoms with E-state index in [2.05, 4.69) is 15.5 Å². The van der Waals surface area contributed by atoms with Crippen LogP contribution in [0.15, 0.2) is 34.7 Å². The molecule has 4 rings (SSSR count). The van der Waals surface area contributed by atoms with Crippen LogP contribution in [0.5, 0.6) is 0 Å². The lowest BCUT2D eigenvalue weighted by atomic mass is 9.82. The molecule has 124 valence electrons. The molecule has 0 bridgehead atoms. The molecule has 0 atom stereocenters. The van der Waals surface area contributed by atoms with Crippen LogP contribution in [0.25, 0.3) is 11.5 Å². The predicted octanol–water partition coefficient (Wildman–Crippen LogP) is 2.49. The largest absolute Gasteiger partial charge is 0.419 e. The molecule has 2 aromatic rings. The summed E-state index contributed by atoms with van der Waals surface area (Å²) >= 11 is 0. The van der Waals surface area contributed by atoms with Gasteiger partial charge in [-0.05, 0) is 25.0 Å². The number of rotatable bonds is 3. The number of imide groups is 1. The average Bonchev–Trinajstić information content (AvgIpc) is 3.16. The second-order valence-corrected chi connectivity index (χ2v) is 6.33. The number of carbonyl (C=O) groups is 2. The minimum atomic E-state index is -0.725. The van der Waals surface area contributed by atoms with Crippen LogP contribution in [0.2, 0.25) is 0 Å². The number of aromatic nitrogens is 2. The number of hydrogen-bond donors (Lipinski definition) is 1. The van der Waals surface area contributed by atoms with Gasteiger partial charge in [-0.2, -0.15) is 0 Å². The number of nitrogens with one attached hydrogen (secondary N) is 1. The molecule has 2 fully saturated rings. The van der Waals surface area contributed by atoms with Crippen LogP contribution < -0.4 is 5.32 Å². The Bertz CT molecular complexity index is 765. The van der Waals surface area contributed by atoms with E-state index in [0.29, 0.717) is 18.7 Å². The molecule has 0 radical (unpaired) electrons. The minimum Gasteiger partial charge on any atom is -0.419 e. The van der Waals surface area contributed by atoms with Crippen molar-refractivity contribution in [3.8, 4) is 11.5 Å². The smallest absolute Gasteiger partial charge is 0.325 e. The zero-order chi connectivity index (χ0) is 16.6. The van der Waals surface area contributed by atoms with Crippen LogP contribution in [0.1, 0.15) is 38.0 Å². The molecule has 0 unspecified atom stereocenters. The zero-order valence-corrected chi connectivity index (χ0v) is 13.2. The molecule has 1 aromatic carbocycles. The predicted molar refractivity (Wildman–Crippen MR) is 84.6 cm³/mol. The van der Waals surface area contributed by atoms with E-state index in [0.717, 1.165) is 24.8 Å². The van der Waals surface area contributed by atoms with Crippen LogP contribution in [0.4, 0.5) is 4.79 Å². The van der Waals surface area contributed by atoms with E-state index in [4.69, 9.17) is 4.42 Å². The average molecular weight is 326 g/mol. The Labute approximate surface area is 139 Å². The van der Waals surface area contributed by atoms with Gasteiger partial charge in [-0.15, -0.1) is 10.2 Å². The first-order chi connectivity index (χ1) is 11.7. The van der Waals surface area contributed by atoms with Gasteiger partial charge < -0.3 is 9.73 Å². The highest BCUT2D eigenvalue weighted by molar-refractivity contribution is 6.06. The van der Waals surface area contributed by atoms with Crippen molar-refractivity contribution in [1.82, 2.24) is 20.4 Å². The first-order valence-corrected chi connectivity index (χ1v) is 8.20. The number of amides is 3. The van der Waals surface area contributed by atoms with Gasteiger partial charge in [-0.3, -0.25) is 9.69 Å². The van der Waals surface area contributed by atoms with Crippen LogP contribution in [0, 0.1) is 0 Å². The Kier molecular flexibility index (Phi) is 3.55. The van der Waals surface area contributed by atoms with Gasteiger partial charge in [-0.25, -0.2) is 4.79 Å². The Morgan fingerprint density at radius 3 is 2.58 bits per heavy atom. The third-order valence-corrected chi connectivity index (χ3v) is 4.73.